The summed E-state index contributed by atoms with van der Waals surface area (Å²) in [7, 11) is 0. The highest BCUT2D eigenvalue weighted by molar-refractivity contribution is 5.72. The molecule has 0 radical (unpaired) electrons. The van der Waals surface area contributed by atoms with Crippen molar-refractivity contribution in [2.45, 2.75) is 25.9 Å². The van der Waals surface area contributed by atoms with Crippen molar-refractivity contribution >= 4 is 0 Å². The van der Waals surface area contributed by atoms with Gasteiger partial charge >= 0.3 is 6.18 Å². The number of hydrogen-bond acceptors (Lipinski definition) is 1. The lowest BCUT2D eigenvalue weighted by atomic mass is 9.97. The molecule has 0 heterocycles. The van der Waals surface area contributed by atoms with E-state index in [0.717, 1.165) is 36.6 Å². The lowest BCUT2D eigenvalue weighted by molar-refractivity contribution is -0.153. The van der Waals surface area contributed by atoms with Crippen LogP contribution in [0.15, 0.2) is 48.5 Å². The van der Waals surface area contributed by atoms with Crippen LogP contribution in [-0.4, -0.2) is 12.8 Å². The lowest BCUT2D eigenvalue weighted by Crippen LogP contribution is -2.19. The summed E-state index contributed by atoms with van der Waals surface area (Å²) >= 11 is 0. The summed E-state index contributed by atoms with van der Waals surface area (Å²) in [5.41, 5.74) is 0.176. The predicted molar refractivity (Wildman–Crippen MR) is 103 cm³/mol. The first-order chi connectivity index (χ1) is 14.6. The highest BCUT2D eigenvalue weighted by Gasteiger charge is 2.30. The lowest BCUT2D eigenvalue weighted by Gasteiger charge is -2.13. The van der Waals surface area contributed by atoms with Crippen molar-refractivity contribution in [3.8, 4) is 28.0 Å². The van der Waals surface area contributed by atoms with Crippen LogP contribution in [0.2, 0.25) is 0 Å². The minimum absolute atomic E-state index is 0.0599. The smallest absolute Gasteiger partial charge is 0.422 e. The maximum atomic E-state index is 14.7. The fourth-order valence-corrected chi connectivity index (χ4v) is 3.13. The van der Waals surface area contributed by atoms with Gasteiger partial charge in [-0.05, 0) is 29.7 Å². The maximum Gasteiger partial charge on any atom is 0.422 e. The number of rotatable bonds is 6. The van der Waals surface area contributed by atoms with Gasteiger partial charge in [-0.2, -0.15) is 17.6 Å². The van der Waals surface area contributed by atoms with Gasteiger partial charge < -0.3 is 4.74 Å². The van der Waals surface area contributed by atoms with E-state index in [2.05, 4.69) is 4.74 Å². The topological polar surface area (TPSA) is 9.23 Å². The fraction of sp³-hybridized carbons (Fsp3) is 0.217. The first-order valence-corrected chi connectivity index (χ1v) is 9.37. The van der Waals surface area contributed by atoms with Crippen LogP contribution >= 0.6 is 0 Å². The molecule has 164 valence electrons. The molecule has 0 unspecified atom stereocenters. The Balaban J connectivity index is 1.95. The van der Waals surface area contributed by atoms with Crippen LogP contribution in [0, 0.1) is 23.3 Å². The number of aryl methyl sites for hydroxylation is 1. The summed E-state index contributed by atoms with van der Waals surface area (Å²) < 4.78 is 98.8. The Morgan fingerprint density at radius 1 is 0.677 bits per heavy atom. The summed E-state index contributed by atoms with van der Waals surface area (Å²) in [4.78, 5) is 0. The van der Waals surface area contributed by atoms with E-state index in [4.69, 9.17) is 0 Å². The molecule has 0 aliphatic carbocycles. The molecule has 8 heteroatoms. The zero-order valence-corrected chi connectivity index (χ0v) is 16.3. The number of alkyl halides is 3. The van der Waals surface area contributed by atoms with Gasteiger partial charge in [0.25, 0.3) is 0 Å². The van der Waals surface area contributed by atoms with Gasteiger partial charge in [-0.1, -0.05) is 49.7 Å². The molecule has 0 aliphatic heterocycles. The minimum Gasteiger partial charge on any atom is -0.481 e. The van der Waals surface area contributed by atoms with Crippen molar-refractivity contribution in [2.24, 2.45) is 0 Å². The summed E-state index contributed by atoms with van der Waals surface area (Å²) in [5, 5.41) is 0. The van der Waals surface area contributed by atoms with E-state index in [1.54, 1.807) is 24.3 Å². The van der Waals surface area contributed by atoms with Gasteiger partial charge in [0, 0.05) is 16.7 Å². The van der Waals surface area contributed by atoms with Crippen LogP contribution in [-0.2, 0) is 6.42 Å². The molecule has 3 aromatic carbocycles. The Hall–Kier alpha value is -3.03. The Morgan fingerprint density at radius 2 is 1.19 bits per heavy atom. The van der Waals surface area contributed by atoms with E-state index in [1.165, 1.54) is 6.07 Å². The number of hydrogen-bond donors (Lipinski definition) is 0. The Morgan fingerprint density at radius 3 is 1.77 bits per heavy atom. The molecular weight excluding hydrogens is 425 g/mol. The molecule has 3 rings (SSSR count). The molecule has 0 atom stereocenters. The van der Waals surface area contributed by atoms with Gasteiger partial charge in [0.2, 0.25) is 5.82 Å². The van der Waals surface area contributed by atoms with Crippen LogP contribution in [0.4, 0.5) is 30.7 Å². The normalized spacial score (nSPS) is 11.6. The summed E-state index contributed by atoms with van der Waals surface area (Å²) in [6.45, 7) is 0.191. The van der Waals surface area contributed by atoms with Gasteiger partial charge in [-0.25, -0.2) is 13.2 Å². The largest absolute Gasteiger partial charge is 0.481 e. The molecule has 31 heavy (non-hydrogen) atoms. The van der Waals surface area contributed by atoms with Crippen LogP contribution in [0.1, 0.15) is 18.9 Å². The Bertz CT molecular complexity index is 1070. The number of ether oxygens (including phenoxy) is 1. The van der Waals surface area contributed by atoms with Gasteiger partial charge in [-0.15, -0.1) is 0 Å². The fourth-order valence-electron chi connectivity index (χ4n) is 3.13. The minimum atomic E-state index is -4.75. The molecular formula is C23H17F7O. The number of halogens is 7. The molecule has 0 saturated heterocycles. The molecule has 0 bridgehead atoms. The molecule has 0 amide bonds. The van der Waals surface area contributed by atoms with E-state index in [9.17, 15) is 30.7 Å². The molecule has 0 fully saturated rings. The van der Waals surface area contributed by atoms with Crippen LogP contribution in [0.5, 0.6) is 5.75 Å². The van der Waals surface area contributed by atoms with Gasteiger partial charge in [0.15, 0.2) is 29.8 Å². The second kappa shape index (κ2) is 8.99. The third-order valence-corrected chi connectivity index (χ3v) is 4.61. The predicted octanol–water partition coefficient (Wildman–Crippen LogP) is 7.47. The van der Waals surface area contributed by atoms with Crippen molar-refractivity contribution < 1.29 is 35.5 Å². The number of benzene rings is 3. The highest BCUT2D eigenvalue weighted by atomic mass is 19.4. The quantitative estimate of drug-likeness (QED) is 0.360. The average molecular weight is 442 g/mol. The molecule has 1 nitrogen and oxygen atoms in total. The van der Waals surface area contributed by atoms with Crippen LogP contribution in [0.3, 0.4) is 0 Å². The zero-order chi connectivity index (χ0) is 22.8. The van der Waals surface area contributed by atoms with Crippen molar-refractivity contribution in [1.82, 2.24) is 0 Å². The molecule has 3 aromatic rings. The zero-order valence-electron chi connectivity index (χ0n) is 16.3. The molecule has 0 N–H and O–H groups in total. The third-order valence-electron chi connectivity index (χ3n) is 4.61. The second-order valence-corrected chi connectivity index (χ2v) is 6.88. The molecule has 0 aromatic heterocycles. The first-order valence-electron chi connectivity index (χ1n) is 9.37. The van der Waals surface area contributed by atoms with Crippen molar-refractivity contribution in [3.05, 3.63) is 77.4 Å². The van der Waals surface area contributed by atoms with Crippen molar-refractivity contribution in [1.29, 1.82) is 0 Å². The standard InChI is InChI=1S/C23H17F7O/c1-2-3-13-4-6-14(7-5-13)15-8-9-16(20(25)19(15)24)17-10-11-18(22(27)21(17)26)31-12-23(28,29)30/h4-11H,2-3,12H2,1H3. The SMILES string of the molecule is CCCc1ccc(-c2ccc(-c3ccc(OCC(F)(F)F)c(F)c3F)c(F)c2F)cc1. The van der Waals surface area contributed by atoms with Crippen molar-refractivity contribution in [2.75, 3.05) is 6.61 Å². The third kappa shape index (κ3) is 5.00. The average Bonchev–Trinajstić information content (AvgIpc) is 2.72. The van der Waals surface area contributed by atoms with Gasteiger partial charge in [0.1, 0.15) is 0 Å². The summed E-state index contributed by atoms with van der Waals surface area (Å²) in [6.07, 6.45) is -2.98. The molecule has 0 saturated carbocycles. The monoisotopic (exact) mass is 442 g/mol. The van der Waals surface area contributed by atoms with E-state index in [-0.39, 0.29) is 5.56 Å². The van der Waals surface area contributed by atoms with Gasteiger partial charge in [-0.3, -0.25) is 0 Å². The Kier molecular flexibility index (Phi) is 6.57. The van der Waals surface area contributed by atoms with E-state index in [1.807, 2.05) is 6.92 Å². The van der Waals surface area contributed by atoms with Crippen LogP contribution in [0.25, 0.3) is 22.3 Å². The molecule has 0 spiro atoms. The maximum absolute atomic E-state index is 14.7. The highest BCUT2D eigenvalue weighted by Crippen LogP contribution is 2.35. The summed E-state index contributed by atoms with van der Waals surface area (Å²) in [5.74, 6) is -7.01. The van der Waals surface area contributed by atoms with Crippen molar-refractivity contribution in [3.63, 3.8) is 0 Å². The van der Waals surface area contributed by atoms with E-state index in [0.29, 0.717) is 5.56 Å². The Labute approximate surface area is 174 Å². The summed E-state index contributed by atoms with van der Waals surface area (Å²) in [6, 6.07) is 10.7. The molecule has 0 aliphatic rings. The van der Waals surface area contributed by atoms with Gasteiger partial charge in [0.05, 0.1) is 0 Å². The first kappa shape index (κ1) is 22.7. The van der Waals surface area contributed by atoms with E-state index < -0.39 is 52.9 Å². The van der Waals surface area contributed by atoms with Crippen LogP contribution < -0.4 is 4.74 Å². The second-order valence-electron chi connectivity index (χ2n) is 6.88. The van der Waals surface area contributed by atoms with E-state index >= 15 is 0 Å².